The van der Waals surface area contributed by atoms with Crippen LogP contribution in [0.2, 0.25) is 0 Å². The van der Waals surface area contributed by atoms with Crippen LogP contribution in [-0.4, -0.2) is 8.42 Å². The van der Waals surface area contributed by atoms with Crippen molar-refractivity contribution in [1.29, 1.82) is 0 Å². The maximum Gasteiger partial charge on any atom is 0.216 e. The second-order valence-electron chi connectivity index (χ2n) is 5.03. The molecule has 0 spiro atoms. The monoisotopic (exact) mass is 304 g/mol. The molecule has 1 unspecified atom stereocenters. The second-order valence-corrected chi connectivity index (χ2v) is 6.78. The van der Waals surface area contributed by atoms with Gasteiger partial charge in [-0.3, -0.25) is 0 Å². The van der Waals surface area contributed by atoms with Gasteiger partial charge >= 0.3 is 0 Å². The SMILES string of the molecule is CC(NS(=O)(=O)Cc1ccc(CN)cc1)c1ccccc1. The Bertz CT molecular complexity index is 667. The van der Waals surface area contributed by atoms with Crippen molar-refractivity contribution in [2.75, 3.05) is 0 Å². The number of nitrogens with one attached hydrogen (secondary N) is 1. The van der Waals surface area contributed by atoms with Gasteiger partial charge in [-0.2, -0.15) is 0 Å². The minimum absolute atomic E-state index is 0.0327. The molecular formula is C16H20N2O2S. The summed E-state index contributed by atoms with van der Waals surface area (Å²) in [5.74, 6) is -0.0327. The molecule has 0 saturated heterocycles. The minimum Gasteiger partial charge on any atom is -0.326 e. The van der Waals surface area contributed by atoms with Gasteiger partial charge in [0.2, 0.25) is 10.0 Å². The number of hydrogen-bond donors (Lipinski definition) is 2. The molecule has 2 rings (SSSR count). The van der Waals surface area contributed by atoms with Crippen LogP contribution >= 0.6 is 0 Å². The first-order valence-corrected chi connectivity index (χ1v) is 8.48. The summed E-state index contributed by atoms with van der Waals surface area (Å²) in [6.07, 6.45) is 0. The van der Waals surface area contributed by atoms with Crippen molar-refractivity contribution in [1.82, 2.24) is 4.72 Å². The highest BCUT2D eigenvalue weighted by molar-refractivity contribution is 7.88. The summed E-state index contributed by atoms with van der Waals surface area (Å²) in [4.78, 5) is 0. The van der Waals surface area contributed by atoms with Crippen molar-refractivity contribution in [2.24, 2.45) is 5.73 Å². The molecule has 0 bridgehead atoms. The molecule has 2 aromatic rings. The average molecular weight is 304 g/mol. The Kier molecular flexibility index (Phi) is 5.12. The molecule has 1 atom stereocenters. The molecule has 0 aliphatic heterocycles. The summed E-state index contributed by atoms with van der Waals surface area (Å²) in [5, 5.41) is 0. The normalized spacial score (nSPS) is 13.0. The van der Waals surface area contributed by atoms with Crippen LogP contribution in [0.5, 0.6) is 0 Å². The van der Waals surface area contributed by atoms with E-state index in [-0.39, 0.29) is 11.8 Å². The van der Waals surface area contributed by atoms with Crippen molar-refractivity contribution in [3.05, 3.63) is 71.3 Å². The lowest BCUT2D eigenvalue weighted by molar-refractivity contribution is 0.566. The average Bonchev–Trinajstić information content (AvgIpc) is 2.48. The smallest absolute Gasteiger partial charge is 0.216 e. The van der Waals surface area contributed by atoms with Gasteiger partial charge < -0.3 is 5.73 Å². The van der Waals surface area contributed by atoms with Crippen LogP contribution in [0, 0.1) is 0 Å². The quantitative estimate of drug-likeness (QED) is 0.860. The Morgan fingerprint density at radius 3 is 2.14 bits per heavy atom. The van der Waals surface area contributed by atoms with Gasteiger partial charge in [-0.05, 0) is 23.6 Å². The Hall–Kier alpha value is -1.69. The fourth-order valence-electron chi connectivity index (χ4n) is 2.11. The van der Waals surface area contributed by atoms with Crippen molar-refractivity contribution < 1.29 is 8.42 Å². The summed E-state index contributed by atoms with van der Waals surface area (Å²) < 4.78 is 27.1. The first kappa shape index (κ1) is 15.7. The lowest BCUT2D eigenvalue weighted by Crippen LogP contribution is -2.28. The molecule has 4 nitrogen and oxygen atoms in total. The van der Waals surface area contributed by atoms with Crippen molar-refractivity contribution in [3.8, 4) is 0 Å². The molecule has 0 fully saturated rings. The Morgan fingerprint density at radius 2 is 1.57 bits per heavy atom. The summed E-state index contributed by atoms with van der Waals surface area (Å²) >= 11 is 0. The largest absolute Gasteiger partial charge is 0.326 e. The van der Waals surface area contributed by atoms with Crippen LogP contribution in [0.1, 0.15) is 29.7 Å². The first-order valence-electron chi connectivity index (χ1n) is 6.83. The van der Waals surface area contributed by atoms with Gasteiger partial charge in [0.25, 0.3) is 0 Å². The molecule has 0 aliphatic rings. The number of nitrogens with two attached hydrogens (primary N) is 1. The molecule has 0 amide bonds. The third-order valence-corrected chi connectivity index (χ3v) is 4.70. The van der Waals surface area contributed by atoms with Crippen LogP contribution in [0.3, 0.4) is 0 Å². The third-order valence-electron chi connectivity index (χ3n) is 3.27. The van der Waals surface area contributed by atoms with E-state index in [9.17, 15) is 8.42 Å². The Labute approximate surface area is 126 Å². The van der Waals surface area contributed by atoms with E-state index in [0.717, 1.165) is 16.7 Å². The third kappa shape index (κ3) is 4.67. The summed E-state index contributed by atoms with van der Waals surface area (Å²) in [6, 6.07) is 16.6. The van der Waals surface area contributed by atoms with E-state index in [1.54, 1.807) is 12.1 Å². The molecule has 0 aliphatic carbocycles. The minimum atomic E-state index is -3.38. The predicted molar refractivity (Wildman–Crippen MR) is 84.9 cm³/mol. The molecule has 3 N–H and O–H groups in total. The van der Waals surface area contributed by atoms with E-state index in [1.807, 2.05) is 49.4 Å². The molecular weight excluding hydrogens is 284 g/mol. The highest BCUT2D eigenvalue weighted by atomic mass is 32.2. The summed E-state index contributed by atoms with van der Waals surface area (Å²) in [7, 11) is -3.38. The van der Waals surface area contributed by atoms with Crippen LogP contribution in [0.15, 0.2) is 54.6 Å². The van der Waals surface area contributed by atoms with Gasteiger partial charge in [-0.15, -0.1) is 0 Å². The van der Waals surface area contributed by atoms with Gasteiger partial charge in [0.15, 0.2) is 0 Å². The van der Waals surface area contributed by atoms with E-state index >= 15 is 0 Å². The van der Waals surface area contributed by atoms with Crippen molar-refractivity contribution in [2.45, 2.75) is 25.3 Å². The van der Waals surface area contributed by atoms with Crippen LogP contribution in [-0.2, 0) is 22.3 Å². The molecule has 0 saturated carbocycles. The lowest BCUT2D eigenvalue weighted by Gasteiger charge is -2.14. The summed E-state index contributed by atoms with van der Waals surface area (Å²) in [6.45, 7) is 2.29. The molecule has 5 heteroatoms. The van der Waals surface area contributed by atoms with E-state index in [0.29, 0.717) is 6.54 Å². The topological polar surface area (TPSA) is 72.2 Å². The number of hydrogen-bond acceptors (Lipinski definition) is 3. The molecule has 2 aromatic carbocycles. The van der Waals surface area contributed by atoms with Crippen LogP contribution in [0.25, 0.3) is 0 Å². The molecule has 112 valence electrons. The highest BCUT2D eigenvalue weighted by Gasteiger charge is 2.16. The maximum absolute atomic E-state index is 12.2. The Morgan fingerprint density at radius 1 is 1.00 bits per heavy atom. The maximum atomic E-state index is 12.2. The zero-order valence-electron chi connectivity index (χ0n) is 12.0. The molecule has 21 heavy (non-hydrogen) atoms. The van der Waals surface area contributed by atoms with Gasteiger partial charge in [0.05, 0.1) is 5.75 Å². The highest BCUT2D eigenvalue weighted by Crippen LogP contribution is 2.14. The van der Waals surface area contributed by atoms with Gasteiger partial charge in [-0.25, -0.2) is 13.1 Å². The fraction of sp³-hybridized carbons (Fsp3) is 0.250. The standard InChI is InChI=1S/C16H20N2O2S/c1-13(16-5-3-2-4-6-16)18-21(19,20)12-15-9-7-14(11-17)8-10-15/h2-10,13,18H,11-12,17H2,1H3. The first-order chi connectivity index (χ1) is 10.00. The van der Waals surface area contributed by atoms with Crippen molar-refractivity contribution >= 4 is 10.0 Å². The van der Waals surface area contributed by atoms with Gasteiger partial charge in [0, 0.05) is 12.6 Å². The predicted octanol–water partition coefficient (Wildman–Crippen LogP) is 2.33. The molecule has 0 aromatic heterocycles. The Balaban J connectivity index is 2.04. The van der Waals surface area contributed by atoms with E-state index in [1.165, 1.54) is 0 Å². The second kappa shape index (κ2) is 6.85. The van der Waals surface area contributed by atoms with Crippen molar-refractivity contribution in [3.63, 3.8) is 0 Å². The zero-order chi connectivity index (χ0) is 15.3. The summed E-state index contributed by atoms with van der Waals surface area (Å²) in [5.41, 5.74) is 8.21. The zero-order valence-corrected chi connectivity index (χ0v) is 12.8. The molecule has 0 heterocycles. The van der Waals surface area contributed by atoms with E-state index in [2.05, 4.69) is 4.72 Å². The van der Waals surface area contributed by atoms with Crippen LogP contribution < -0.4 is 10.5 Å². The number of sulfonamides is 1. The fourth-order valence-corrected chi connectivity index (χ4v) is 3.50. The van der Waals surface area contributed by atoms with Crippen LogP contribution in [0.4, 0.5) is 0 Å². The van der Waals surface area contributed by atoms with Gasteiger partial charge in [-0.1, -0.05) is 54.6 Å². The van der Waals surface area contributed by atoms with E-state index in [4.69, 9.17) is 5.73 Å². The molecule has 0 radical (unpaired) electrons. The lowest BCUT2D eigenvalue weighted by atomic mass is 10.1. The van der Waals surface area contributed by atoms with Gasteiger partial charge in [0.1, 0.15) is 0 Å². The number of benzene rings is 2. The number of rotatable bonds is 6. The van der Waals surface area contributed by atoms with E-state index < -0.39 is 10.0 Å².